The van der Waals surface area contributed by atoms with E-state index in [1.165, 1.54) is 11.8 Å². The Hall–Kier alpha value is -1.82. The number of carbonyl (C=O) groups is 3. The molecule has 0 unspecified atom stereocenters. The summed E-state index contributed by atoms with van der Waals surface area (Å²) in [7, 11) is 0. The highest BCUT2D eigenvalue weighted by molar-refractivity contribution is 7.98. The molecule has 0 bridgehead atoms. The Morgan fingerprint density at radius 1 is 1.32 bits per heavy atom. The molecule has 1 heterocycles. The number of nitrogens with zero attached hydrogens (tertiary/aromatic N) is 1. The number of fused-ring (bicyclic) bond motifs is 1. The Balaban J connectivity index is 2.44. The largest absolute Gasteiger partial charge is 0.480 e. The molecule has 0 fully saturated rings. The fourth-order valence-electron chi connectivity index (χ4n) is 2.07. The van der Waals surface area contributed by atoms with Crippen LogP contribution in [0.4, 0.5) is 0 Å². The van der Waals surface area contributed by atoms with Gasteiger partial charge in [0.15, 0.2) is 0 Å². The molecule has 1 aromatic carbocycles. The van der Waals surface area contributed by atoms with Crippen LogP contribution in [0, 0.1) is 6.92 Å². The summed E-state index contributed by atoms with van der Waals surface area (Å²) in [5.74, 6) is -2.04. The second kappa shape index (κ2) is 5.05. The van der Waals surface area contributed by atoms with Crippen LogP contribution in [-0.4, -0.2) is 45.8 Å². The predicted molar refractivity (Wildman–Crippen MR) is 71.5 cm³/mol. The van der Waals surface area contributed by atoms with Crippen LogP contribution in [0.5, 0.6) is 0 Å². The molecule has 100 valence electrons. The number of carboxylic acid groups (broad SMARTS) is 1. The minimum Gasteiger partial charge on any atom is -0.480 e. The van der Waals surface area contributed by atoms with Crippen LogP contribution in [0.2, 0.25) is 0 Å². The van der Waals surface area contributed by atoms with Crippen LogP contribution in [0.3, 0.4) is 0 Å². The van der Waals surface area contributed by atoms with Gasteiger partial charge in [0.2, 0.25) is 0 Å². The van der Waals surface area contributed by atoms with Crippen molar-refractivity contribution in [3.05, 3.63) is 34.9 Å². The van der Waals surface area contributed by atoms with Crippen molar-refractivity contribution in [2.45, 2.75) is 13.0 Å². The predicted octanol–water partition coefficient (Wildman–Crippen LogP) is 1.41. The number of aryl methyl sites for hydroxylation is 1. The lowest BCUT2D eigenvalue weighted by atomic mass is 10.1. The van der Waals surface area contributed by atoms with Crippen molar-refractivity contribution in [2.24, 2.45) is 0 Å². The molecule has 5 nitrogen and oxygen atoms in total. The number of hydrogen-bond donors (Lipinski definition) is 1. The van der Waals surface area contributed by atoms with E-state index in [0.717, 1.165) is 10.5 Å². The lowest BCUT2D eigenvalue weighted by Crippen LogP contribution is -2.46. The summed E-state index contributed by atoms with van der Waals surface area (Å²) in [5, 5.41) is 9.17. The second-order valence-electron chi connectivity index (χ2n) is 4.34. The van der Waals surface area contributed by atoms with Crippen LogP contribution in [0.15, 0.2) is 18.2 Å². The van der Waals surface area contributed by atoms with Gasteiger partial charge in [0.05, 0.1) is 11.1 Å². The van der Waals surface area contributed by atoms with Crippen LogP contribution >= 0.6 is 11.8 Å². The molecule has 2 amide bonds. The first-order valence-corrected chi connectivity index (χ1v) is 7.07. The number of rotatable bonds is 4. The molecule has 0 radical (unpaired) electrons. The van der Waals surface area contributed by atoms with E-state index in [4.69, 9.17) is 0 Å². The van der Waals surface area contributed by atoms with Gasteiger partial charge in [-0.2, -0.15) is 11.8 Å². The van der Waals surface area contributed by atoms with E-state index >= 15 is 0 Å². The highest BCUT2D eigenvalue weighted by atomic mass is 32.2. The number of thioether (sulfide) groups is 1. The molecule has 2 rings (SSSR count). The third-order valence-corrected chi connectivity index (χ3v) is 3.64. The molecule has 0 spiro atoms. The maximum atomic E-state index is 12.2. The third kappa shape index (κ3) is 2.23. The van der Waals surface area contributed by atoms with Crippen molar-refractivity contribution in [3.8, 4) is 0 Å². The number of carboxylic acids is 1. The quantitative estimate of drug-likeness (QED) is 0.843. The van der Waals surface area contributed by atoms with Crippen molar-refractivity contribution >= 4 is 29.5 Å². The fourth-order valence-corrected chi connectivity index (χ4v) is 2.68. The van der Waals surface area contributed by atoms with E-state index in [9.17, 15) is 19.5 Å². The summed E-state index contributed by atoms with van der Waals surface area (Å²) >= 11 is 1.28. The van der Waals surface area contributed by atoms with Crippen molar-refractivity contribution < 1.29 is 19.5 Å². The maximum absolute atomic E-state index is 12.2. The molecular weight excluding hydrogens is 266 g/mol. The summed E-state index contributed by atoms with van der Waals surface area (Å²) in [6, 6.07) is 3.80. The number of imide groups is 1. The number of amides is 2. The highest BCUT2D eigenvalue weighted by Gasteiger charge is 2.42. The van der Waals surface area contributed by atoms with Gasteiger partial charge in [-0.05, 0) is 25.3 Å². The van der Waals surface area contributed by atoms with Crippen LogP contribution in [0.1, 0.15) is 26.3 Å². The Kier molecular flexibility index (Phi) is 3.61. The van der Waals surface area contributed by atoms with E-state index in [2.05, 4.69) is 0 Å². The first-order valence-electron chi connectivity index (χ1n) is 5.67. The molecule has 0 aliphatic carbocycles. The van der Waals surface area contributed by atoms with Gasteiger partial charge in [0.1, 0.15) is 6.04 Å². The van der Waals surface area contributed by atoms with Crippen molar-refractivity contribution in [1.29, 1.82) is 0 Å². The lowest BCUT2D eigenvalue weighted by molar-refractivity contribution is -0.140. The first-order chi connectivity index (χ1) is 8.97. The zero-order valence-corrected chi connectivity index (χ0v) is 11.4. The van der Waals surface area contributed by atoms with E-state index in [1.807, 2.05) is 6.92 Å². The zero-order chi connectivity index (χ0) is 14.2. The van der Waals surface area contributed by atoms with Gasteiger partial charge in [-0.1, -0.05) is 11.6 Å². The van der Waals surface area contributed by atoms with Gasteiger partial charge in [-0.3, -0.25) is 14.5 Å². The minimum absolute atomic E-state index is 0.180. The van der Waals surface area contributed by atoms with Gasteiger partial charge < -0.3 is 5.11 Å². The molecular formula is C13H13NO4S. The highest BCUT2D eigenvalue weighted by Crippen LogP contribution is 2.26. The molecule has 1 aliphatic rings. The maximum Gasteiger partial charge on any atom is 0.327 e. The molecule has 6 heteroatoms. The van der Waals surface area contributed by atoms with Crippen LogP contribution in [-0.2, 0) is 4.79 Å². The molecule has 0 saturated heterocycles. The summed E-state index contributed by atoms with van der Waals surface area (Å²) in [5.41, 5.74) is 1.43. The fraction of sp³-hybridized carbons (Fsp3) is 0.308. The summed E-state index contributed by atoms with van der Waals surface area (Å²) in [6.45, 7) is 1.82. The molecule has 0 aromatic heterocycles. The van der Waals surface area contributed by atoms with Crippen molar-refractivity contribution in [2.75, 3.05) is 12.0 Å². The smallest absolute Gasteiger partial charge is 0.327 e. The van der Waals surface area contributed by atoms with E-state index < -0.39 is 23.8 Å². The van der Waals surface area contributed by atoms with Crippen LogP contribution in [0.25, 0.3) is 0 Å². The summed E-state index contributed by atoms with van der Waals surface area (Å²) in [4.78, 5) is 36.5. The van der Waals surface area contributed by atoms with Crippen LogP contribution < -0.4 is 0 Å². The standard InChI is InChI=1S/C13H13NO4S/c1-7-3-4-8-9(5-7)12(16)14(11(8)15)10(6-19-2)13(17)18/h3-5,10H,6H2,1-2H3,(H,17,18)/t10-/m0/s1. The van der Waals surface area contributed by atoms with E-state index in [-0.39, 0.29) is 16.9 Å². The van der Waals surface area contributed by atoms with Crippen molar-refractivity contribution in [1.82, 2.24) is 4.90 Å². The molecule has 1 N–H and O–H groups in total. The SMILES string of the molecule is CSC[C@@H](C(=O)O)N1C(=O)c2ccc(C)cc2C1=O. The number of benzene rings is 1. The van der Waals surface area contributed by atoms with Gasteiger partial charge in [-0.25, -0.2) is 4.79 Å². The second-order valence-corrected chi connectivity index (χ2v) is 5.25. The number of carbonyl (C=O) groups excluding carboxylic acids is 2. The Morgan fingerprint density at radius 2 is 1.95 bits per heavy atom. The van der Waals surface area contributed by atoms with Gasteiger partial charge in [0.25, 0.3) is 11.8 Å². The molecule has 1 aliphatic heterocycles. The topological polar surface area (TPSA) is 74.7 Å². The molecule has 0 saturated carbocycles. The lowest BCUT2D eigenvalue weighted by Gasteiger charge is -2.21. The van der Waals surface area contributed by atoms with Gasteiger partial charge in [0, 0.05) is 5.75 Å². The summed E-state index contributed by atoms with van der Waals surface area (Å²) < 4.78 is 0. The Morgan fingerprint density at radius 3 is 2.53 bits per heavy atom. The number of hydrogen-bond acceptors (Lipinski definition) is 4. The van der Waals surface area contributed by atoms with Crippen molar-refractivity contribution in [3.63, 3.8) is 0 Å². The Labute approximate surface area is 114 Å². The first kappa shape index (κ1) is 13.6. The molecule has 1 aromatic rings. The Bertz CT molecular complexity index is 570. The van der Waals surface area contributed by atoms with E-state index in [1.54, 1.807) is 24.5 Å². The minimum atomic E-state index is -1.17. The number of aliphatic carboxylic acids is 1. The monoisotopic (exact) mass is 279 g/mol. The zero-order valence-electron chi connectivity index (χ0n) is 10.5. The summed E-state index contributed by atoms with van der Waals surface area (Å²) in [6.07, 6.45) is 1.73. The van der Waals surface area contributed by atoms with Gasteiger partial charge in [-0.15, -0.1) is 0 Å². The molecule has 19 heavy (non-hydrogen) atoms. The third-order valence-electron chi connectivity index (χ3n) is 2.99. The normalized spacial score (nSPS) is 15.6. The average Bonchev–Trinajstić information content (AvgIpc) is 2.59. The van der Waals surface area contributed by atoms with E-state index in [0.29, 0.717) is 0 Å². The van der Waals surface area contributed by atoms with Gasteiger partial charge >= 0.3 is 5.97 Å². The average molecular weight is 279 g/mol. The molecule has 1 atom stereocenters.